The second kappa shape index (κ2) is 6.14. The highest BCUT2D eigenvalue weighted by molar-refractivity contribution is 7.90. The van der Waals surface area contributed by atoms with E-state index in [1.165, 1.54) is 30.2 Å². The number of sulfone groups is 1. The SMILES string of the molecule is Cc1cc(N(C)CCS(C)(=O)=O)ccc1CNC1CC1. The van der Waals surface area contributed by atoms with E-state index in [0.29, 0.717) is 12.6 Å². The molecule has 1 saturated carbocycles. The molecule has 0 aromatic heterocycles. The summed E-state index contributed by atoms with van der Waals surface area (Å²) in [5.41, 5.74) is 3.64. The van der Waals surface area contributed by atoms with Gasteiger partial charge in [0.05, 0.1) is 5.75 Å². The number of rotatable bonds is 7. The molecular weight excluding hydrogens is 272 g/mol. The van der Waals surface area contributed by atoms with Crippen LogP contribution in [-0.2, 0) is 16.4 Å². The van der Waals surface area contributed by atoms with Crippen LogP contribution in [0.4, 0.5) is 5.69 Å². The Hall–Kier alpha value is -1.07. The van der Waals surface area contributed by atoms with Crippen LogP contribution in [0.15, 0.2) is 18.2 Å². The van der Waals surface area contributed by atoms with Crippen LogP contribution < -0.4 is 10.2 Å². The van der Waals surface area contributed by atoms with Gasteiger partial charge in [-0.1, -0.05) is 6.07 Å². The van der Waals surface area contributed by atoms with Crippen LogP contribution in [0.1, 0.15) is 24.0 Å². The zero-order valence-corrected chi connectivity index (χ0v) is 13.3. The first-order valence-corrected chi connectivity index (χ1v) is 9.13. The lowest BCUT2D eigenvalue weighted by atomic mass is 10.1. The molecule has 0 unspecified atom stereocenters. The van der Waals surface area contributed by atoms with Gasteiger partial charge in [0.1, 0.15) is 9.84 Å². The highest BCUT2D eigenvalue weighted by Crippen LogP contribution is 2.22. The van der Waals surface area contributed by atoms with Gasteiger partial charge in [-0.15, -0.1) is 0 Å². The third-order valence-electron chi connectivity index (χ3n) is 3.72. The van der Waals surface area contributed by atoms with Crippen LogP contribution in [0.2, 0.25) is 0 Å². The van der Waals surface area contributed by atoms with Gasteiger partial charge in [0, 0.05) is 38.1 Å². The van der Waals surface area contributed by atoms with E-state index in [2.05, 4.69) is 30.4 Å². The highest BCUT2D eigenvalue weighted by atomic mass is 32.2. The molecule has 1 aliphatic carbocycles. The van der Waals surface area contributed by atoms with Crippen LogP contribution in [0.25, 0.3) is 0 Å². The predicted molar refractivity (Wildman–Crippen MR) is 84.0 cm³/mol. The predicted octanol–water partition coefficient (Wildman–Crippen LogP) is 1.73. The Morgan fingerprint density at radius 3 is 2.60 bits per heavy atom. The van der Waals surface area contributed by atoms with Crippen LogP contribution in [0, 0.1) is 6.92 Å². The van der Waals surface area contributed by atoms with E-state index in [-0.39, 0.29) is 5.75 Å². The Labute approximate surface area is 122 Å². The van der Waals surface area contributed by atoms with E-state index in [4.69, 9.17) is 0 Å². The number of anilines is 1. The summed E-state index contributed by atoms with van der Waals surface area (Å²) in [5.74, 6) is 0.188. The quantitative estimate of drug-likeness (QED) is 0.832. The molecule has 0 amide bonds. The molecule has 2 rings (SSSR count). The van der Waals surface area contributed by atoms with Gasteiger partial charge in [-0.05, 0) is 43.0 Å². The average molecular weight is 296 g/mol. The Morgan fingerprint density at radius 2 is 2.05 bits per heavy atom. The zero-order valence-electron chi connectivity index (χ0n) is 12.5. The van der Waals surface area contributed by atoms with Gasteiger partial charge in [-0.2, -0.15) is 0 Å². The Kier molecular flexibility index (Phi) is 4.70. The highest BCUT2D eigenvalue weighted by Gasteiger charge is 2.20. The summed E-state index contributed by atoms with van der Waals surface area (Å²) in [7, 11) is -0.976. The summed E-state index contributed by atoms with van der Waals surface area (Å²) in [6.07, 6.45) is 3.87. The fraction of sp³-hybridized carbons (Fsp3) is 0.600. The molecule has 1 fully saturated rings. The molecule has 0 radical (unpaired) electrons. The van der Waals surface area contributed by atoms with Crippen LogP contribution in [-0.4, -0.2) is 40.1 Å². The van der Waals surface area contributed by atoms with Crippen molar-refractivity contribution in [3.63, 3.8) is 0 Å². The van der Waals surface area contributed by atoms with Gasteiger partial charge in [0.15, 0.2) is 0 Å². The molecule has 1 aliphatic rings. The molecule has 5 heteroatoms. The van der Waals surface area contributed by atoms with Crippen molar-refractivity contribution in [2.45, 2.75) is 32.4 Å². The van der Waals surface area contributed by atoms with Gasteiger partial charge in [0.25, 0.3) is 0 Å². The summed E-state index contributed by atoms with van der Waals surface area (Å²) in [4.78, 5) is 1.99. The molecule has 1 N–H and O–H groups in total. The molecule has 0 heterocycles. The molecule has 4 nitrogen and oxygen atoms in total. The molecule has 0 atom stereocenters. The standard InChI is InChI=1S/C15H24N2O2S/c1-12-10-15(17(2)8-9-20(3,18)19)7-4-13(12)11-16-14-5-6-14/h4,7,10,14,16H,5-6,8-9,11H2,1-3H3. The molecule has 0 bridgehead atoms. The monoisotopic (exact) mass is 296 g/mol. The fourth-order valence-electron chi connectivity index (χ4n) is 2.09. The van der Waals surface area contributed by atoms with Crippen molar-refractivity contribution in [3.8, 4) is 0 Å². The first-order chi connectivity index (χ1) is 9.35. The molecule has 0 spiro atoms. The third-order valence-corrected chi connectivity index (χ3v) is 4.65. The lowest BCUT2D eigenvalue weighted by molar-refractivity contribution is 0.601. The average Bonchev–Trinajstić information content (AvgIpc) is 3.17. The van der Waals surface area contributed by atoms with E-state index < -0.39 is 9.84 Å². The fourth-order valence-corrected chi connectivity index (χ4v) is 2.69. The number of nitrogens with one attached hydrogen (secondary N) is 1. The second-order valence-electron chi connectivity index (χ2n) is 5.82. The molecular formula is C15H24N2O2S. The molecule has 0 aliphatic heterocycles. The summed E-state index contributed by atoms with van der Waals surface area (Å²) in [5, 5.41) is 3.51. The van der Waals surface area contributed by atoms with E-state index >= 15 is 0 Å². The molecule has 1 aromatic carbocycles. The van der Waals surface area contributed by atoms with Crippen LogP contribution in [0.3, 0.4) is 0 Å². The maximum absolute atomic E-state index is 11.2. The summed E-state index contributed by atoms with van der Waals surface area (Å²) < 4.78 is 22.4. The number of hydrogen-bond acceptors (Lipinski definition) is 4. The minimum absolute atomic E-state index is 0.188. The number of aryl methyl sites for hydroxylation is 1. The van der Waals surface area contributed by atoms with E-state index in [1.54, 1.807) is 0 Å². The summed E-state index contributed by atoms with van der Waals surface area (Å²) in [6.45, 7) is 3.56. The number of benzene rings is 1. The molecule has 0 saturated heterocycles. The molecule has 1 aromatic rings. The van der Waals surface area contributed by atoms with E-state index in [9.17, 15) is 8.42 Å². The lowest BCUT2D eigenvalue weighted by Gasteiger charge is -2.20. The van der Waals surface area contributed by atoms with Crippen molar-refractivity contribution in [3.05, 3.63) is 29.3 Å². The largest absolute Gasteiger partial charge is 0.374 e. The van der Waals surface area contributed by atoms with Crippen molar-refractivity contribution in [2.75, 3.05) is 30.5 Å². The maximum Gasteiger partial charge on any atom is 0.149 e. The van der Waals surface area contributed by atoms with Gasteiger partial charge in [0.2, 0.25) is 0 Å². The van der Waals surface area contributed by atoms with Crippen molar-refractivity contribution < 1.29 is 8.42 Å². The minimum atomic E-state index is -2.91. The van der Waals surface area contributed by atoms with Crippen molar-refractivity contribution in [2.24, 2.45) is 0 Å². The smallest absolute Gasteiger partial charge is 0.149 e. The Balaban J connectivity index is 1.95. The number of nitrogens with zero attached hydrogens (tertiary/aromatic N) is 1. The van der Waals surface area contributed by atoms with Gasteiger partial charge >= 0.3 is 0 Å². The van der Waals surface area contributed by atoms with Gasteiger partial charge in [-0.25, -0.2) is 8.42 Å². The van der Waals surface area contributed by atoms with Crippen LogP contribution >= 0.6 is 0 Å². The molecule has 20 heavy (non-hydrogen) atoms. The normalized spacial score (nSPS) is 15.3. The summed E-state index contributed by atoms with van der Waals surface area (Å²) >= 11 is 0. The first-order valence-electron chi connectivity index (χ1n) is 7.07. The van der Waals surface area contributed by atoms with Gasteiger partial charge in [-0.3, -0.25) is 0 Å². The Bertz CT molecular complexity index is 565. The van der Waals surface area contributed by atoms with E-state index in [0.717, 1.165) is 12.2 Å². The number of hydrogen-bond donors (Lipinski definition) is 1. The van der Waals surface area contributed by atoms with E-state index in [1.807, 2.05) is 11.9 Å². The van der Waals surface area contributed by atoms with Gasteiger partial charge < -0.3 is 10.2 Å². The topological polar surface area (TPSA) is 49.4 Å². The minimum Gasteiger partial charge on any atom is -0.374 e. The third kappa shape index (κ3) is 4.80. The second-order valence-corrected chi connectivity index (χ2v) is 8.08. The van der Waals surface area contributed by atoms with Crippen molar-refractivity contribution in [1.82, 2.24) is 5.32 Å². The van der Waals surface area contributed by atoms with Crippen LogP contribution in [0.5, 0.6) is 0 Å². The summed E-state index contributed by atoms with van der Waals surface area (Å²) in [6, 6.07) is 7.05. The first kappa shape index (κ1) is 15.3. The van der Waals surface area contributed by atoms with Crippen molar-refractivity contribution in [1.29, 1.82) is 0 Å². The molecule has 112 valence electrons. The lowest BCUT2D eigenvalue weighted by Crippen LogP contribution is -2.25. The maximum atomic E-state index is 11.2. The zero-order chi connectivity index (χ0) is 14.8. The van der Waals surface area contributed by atoms with Crippen molar-refractivity contribution >= 4 is 15.5 Å². The Morgan fingerprint density at radius 1 is 1.35 bits per heavy atom.